The highest BCUT2D eigenvalue weighted by Crippen LogP contribution is 2.25. The fraction of sp³-hybridized carbons (Fsp3) is 0.333. The van der Waals surface area contributed by atoms with Gasteiger partial charge in [0.05, 0.1) is 17.2 Å². The van der Waals surface area contributed by atoms with Crippen molar-refractivity contribution in [2.24, 2.45) is 0 Å². The van der Waals surface area contributed by atoms with Crippen LogP contribution in [0.2, 0.25) is 5.02 Å². The van der Waals surface area contributed by atoms with Crippen LogP contribution in [0.25, 0.3) is 0 Å². The Hall–Kier alpha value is -0.780. The summed E-state index contributed by atoms with van der Waals surface area (Å²) in [5, 5.41) is 9.67. The SMILES string of the molecule is COCCSc1ncc(C(=O)O)cc1Cl. The van der Waals surface area contributed by atoms with Gasteiger partial charge in [-0.1, -0.05) is 11.6 Å². The predicted molar refractivity (Wildman–Crippen MR) is 58.8 cm³/mol. The number of rotatable bonds is 5. The number of hydrogen-bond donors (Lipinski definition) is 1. The molecule has 1 heterocycles. The Morgan fingerprint density at radius 2 is 2.47 bits per heavy atom. The molecule has 15 heavy (non-hydrogen) atoms. The fourth-order valence-corrected chi connectivity index (χ4v) is 1.97. The van der Waals surface area contributed by atoms with E-state index in [1.807, 2.05) is 0 Å². The standard InChI is InChI=1S/C9H10ClNO3S/c1-14-2-3-15-8-7(10)4-6(5-11-8)9(12)13/h4-5H,2-3H2,1H3,(H,12,13). The third-order valence-corrected chi connectivity index (χ3v) is 2.95. The minimum absolute atomic E-state index is 0.0936. The summed E-state index contributed by atoms with van der Waals surface area (Å²) in [6.45, 7) is 0.601. The van der Waals surface area contributed by atoms with E-state index in [1.54, 1.807) is 7.11 Å². The van der Waals surface area contributed by atoms with Crippen LogP contribution in [-0.4, -0.2) is 35.5 Å². The topological polar surface area (TPSA) is 59.4 Å². The molecule has 0 saturated carbocycles. The first-order valence-electron chi connectivity index (χ1n) is 4.15. The van der Waals surface area contributed by atoms with Crippen molar-refractivity contribution in [3.8, 4) is 0 Å². The summed E-state index contributed by atoms with van der Waals surface area (Å²) >= 11 is 7.30. The van der Waals surface area contributed by atoms with E-state index in [1.165, 1.54) is 24.0 Å². The lowest BCUT2D eigenvalue weighted by Crippen LogP contribution is -1.98. The molecule has 1 aromatic rings. The van der Waals surface area contributed by atoms with Crippen molar-refractivity contribution in [1.29, 1.82) is 0 Å². The maximum absolute atomic E-state index is 10.6. The van der Waals surface area contributed by atoms with Gasteiger partial charge in [0.15, 0.2) is 0 Å². The molecule has 4 nitrogen and oxygen atoms in total. The molecule has 0 unspecified atom stereocenters. The highest BCUT2D eigenvalue weighted by atomic mass is 35.5. The van der Waals surface area contributed by atoms with Crippen LogP contribution in [0.5, 0.6) is 0 Å². The zero-order valence-corrected chi connectivity index (χ0v) is 9.64. The molecule has 0 aliphatic heterocycles. The highest BCUT2D eigenvalue weighted by Gasteiger charge is 2.08. The normalized spacial score (nSPS) is 10.3. The summed E-state index contributed by atoms with van der Waals surface area (Å²) in [6, 6.07) is 1.39. The Morgan fingerprint density at radius 1 is 1.73 bits per heavy atom. The van der Waals surface area contributed by atoms with Gasteiger partial charge < -0.3 is 9.84 Å². The van der Waals surface area contributed by atoms with E-state index in [9.17, 15) is 4.79 Å². The van der Waals surface area contributed by atoms with Crippen molar-refractivity contribution in [3.05, 3.63) is 22.8 Å². The molecule has 0 aromatic carbocycles. The average molecular weight is 248 g/mol. The third kappa shape index (κ3) is 3.70. The van der Waals surface area contributed by atoms with Gasteiger partial charge in [-0.25, -0.2) is 9.78 Å². The van der Waals surface area contributed by atoms with E-state index in [4.69, 9.17) is 21.4 Å². The molecule has 0 saturated heterocycles. The van der Waals surface area contributed by atoms with Crippen LogP contribution in [0.4, 0.5) is 0 Å². The van der Waals surface area contributed by atoms with Crippen molar-refractivity contribution in [1.82, 2.24) is 4.98 Å². The van der Waals surface area contributed by atoms with Gasteiger partial charge >= 0.3 is 5.97 Å². The molecule has 0 fully saturated rings. The van der Waals surface area contributed by atoms with Gasteiger partial charge in [0.1, 0.15) is 5.03 Å². The number of carboxylic acids is 1. The van der Waals surface area contributed by atoms with Crippen molar-refractivity contribution in [3.63, 3.8) is 0 Å². The summed E-state index contributed by atoms with van der Waals surface area (Å²) in [6.07, 6.45) is 1.29. The number of carboxylic acid groups (broad SMARTS) is 1. The molecule has 1 aromatic heterocycles. The lowest BCUT2D eigenvalue weighted by atomic mass is 10.3. The summed E-state index contributed by atoms with van der Waals surface area (Å²) in [7, 11) is 1.61. The molecule has 0 bridgehead atoms. The maximum Gasteiger partial charge on any atom is 0.337 e. The van der Waals surface area contributed by atoms with E-state index in [0.29, 0.717) is 16.7 Å². The fourth-order valence-electron chi connectivity index (χ4n) is 0.870. The molecule has 0 aliphatic carbocycles. The Bertz CT molecular complexity index is 359. The van der Waals surface area contributed by atoms with E-state index in [0.717, 1.165) is 5.75 Å². The van der Waals surface area contributed by atoms with Gasteiger partial charge in [0.2, 0.25) is 0 Å². The van der Waals surface area contributed by atoms with Crippen LogP contribution in [0.3, 0.4) is 0 Å². The van der Waals surface area contributed by atoms with Gasteiger partial charge in [-0.2, -0.15) is 0 Å². The number of ether oxygens (including phenoxy) is 1. The van der Waals surface area contributed by atoms with Crippen molar-refractivity contribution in [2.45, 2.75) is 5.03 Å². The number of nitrogens with zero attached hydrogens (tertiary/aromatic N) is 1. The van der Waals surface area contributed by atoms with E-state index in [2.05, 4.69) is 4.98 Å². The van der Waals surface area contributed by atoms with Gasteiger partial charge in [-0.15, -0.1) is 11.8 Å². The minimum atomic E-state index is -1.03. The largest absolute Gasteiger partial charge is 0.478 e. The lowest BCUT2D eigenvalue weighted by molar-refractivity contribution is 0.0696. The van der Waals surface area contributed by atoms with Gasteiger partial charge in [0.25, 0.3) is 0 Å². The van der Waals surface area contributed by atoms with Crippen LogP contribution in [0, 0.1) is 0 Å². The first kappa shape index (κ1) is 12.3. The molecule has 6 heteroatoms. The first-order chi connectivity index (χ1) is 7.15. The second-order valence-electron chi connectivity index (χ2n) is 2.66. The van der Waals surface area contributed by atoms with Crippen LogP contribution in [0.1, 0.15) is 10.4 Å². The quantitative estimate of drug-likeness (QED) is 0.638. The molecule has 1 N–H and O–H groups in total. The van der Waals surface area contributed by atoms with Crippen LogP contribution >= 0.6 is 23.4 Å². The number of methoxy groups -OCH3 is 1. The van der Waals surface area contributed by atoms with Gasteiger partial charge in [0, 0.05) is 19.1 Å². The summed E-state index contributed by atoms with van der Waals surface area (Å²) < 4.78 is 4.88. The van der Waals surface area contributed by atoms with Crippen LogP contribution in [-0.2, 0) is 4.74 Å². The molecule has 82 valence electrons. The molecule has 0 atom stereocenters. The number of aromatic nitrogens is 1. The molecular formula is C9H10ClNO3S. The van der Waals surface area contributed by atoms with Crippen molar-refractivity contribution >= 4 is 29.3 Å². The van der Waals surface area contributed by atoms with Gasteiger partial charge in [-0.05, 0) is 6.07 Å². The maximum atomic E-state index is 10.6. The number of carbonyl (C=O) groups is 1. The predicted octanol–water partition coefficient (Wildman–Crippen LogP) is 2.17. The Labute approximate surface area is 96.6 Å². The molecule has 0 radical (unpaired) electrons. The lowest BCUT2D eigenvalue weighted by Gasteiger charge is -2.03. The minimum Gasteiger partial charge on any atom is -0.478 e. The number of aromatic carboxylic acids is 1. The number of thioether (sulfide) groups is 1. The van der Waals surface area contributed by atoms with E-state index in [-0.39, 0.29) is 5.56 Å². The summed E-state index contributed by atoms with van der Waals surface area (Å²) in [5.74, 6) is -0.298. The smallest absolute Gasteiger partial charge is 0.337 e. The van der Waals surface area contributed by atoms with E-state index < -0.39 is 5.97 Å². The third-order valence-electron chi connectivity index (χ3n) is 1.58. The monoisotopic (exact) mass is 247 g/mol. The summed E-state index contributed by atoms with van der Waals surface area (Å²) in [4.78, 5) is 14.6. The molecule has 0 spiro atoms. The Morgan fingerprint density at radius 3 is 3.00 bits per heavy atom. The second-order valence-corrected chi connectivity index (χ2v) is 4.15. The number of pyridine rings is 1. The zero-order valence-electron chi connectivity index (χ0n) is 8.07. The highest BCUT2D eigenvalue weighted by molar-refractivity contribution is 7.99. The van der Waals surface area contributed by atoms with Crippen LogP contribution < -0.4 is 0 Å². The van der Waals surface area contributed by atoms with Gasteiger partial charge in [-0.3, -0.25) is 0 Å². The molecule has 0 aliphatic rings. The Kier molecular flexibility index (Phi) is 4.87. The number of hydrogen-bond acceptors (Lipinski definition) is 4. The molecular weight excluding hydrogens is 238 g/mol. The molecule has 0 amide bonds. The Balaban J connectivity index is 2.70. The summed E-state index contributed by atoms with van der Waals surface area (Å²) in [5.41, 5.74) is 0.0936. The van der Waals surface area contributed by atoms with Crippen LogP contribution in [0.15, 0.2) is 17.3 Å². The number of halogens is 1. The van der Waals surface area contributed by atoms with E-state index >= 15 is 0 Å². The second kappa shape index (κ2) is 5.95. The average Bonchev–Trinajstić information content (AvgIpc) is 2.20. The molecule has 1 rings (SSSR count). The first-order valence-corrected chi connectivity index (χ1v) is 5.52. The van der Waals surface area contributed by atoms with Crippen molar-refractivity contribution in [2.75, 3.05) is 19.5 Å². The van der Waals surface area contributed by atoms with Crippen molar-refractivity contribution < 1.29 is 14.6 Å². The zero-order chi connectivity index (χ0) is 11.3.